The molecule has 104 valence electrons. The Morgan fingerprint density at radius 1 is 1.20 bits per heavy atom. The van der Waals surface area contributed by atoms with Crippen LogP contribution in [0.25, 0.3) is 0 Å². The van der Waals surface area contributed by atoms with Crippen LogP contribution in [0.2, 0.25) is 5.02 Å². The van der Waals surface area contributed by atoms with Crippen LogP contribution in [-0.2, 0) is 0 Å². The normalized spacial score (nSPS) is 10.2. The van der Waals surface area contributed by atoms with Gasteiger partial charge in [0.25, 0.3) is 0 Å². The van der Waals surface area contributed by atoms with E-state index >= 15 is 0 Å². The Labute approximate surface area is 130 Å². The Morgan fingerprint density at radius 2 is 1.85 bits per heavy atom. The van der Waals surface area contributed by atoms with Gasteiger partial charge in [-0.15, -0.1) is 0 Å². The van der Waals surface area contributed by atoms with Crippen LogP contribution in [0, 0.1) is 6.92 Å². The summed E-state index contributed by atoms with van der Waals surface area (Å²) in [5, 5.41) is 6.06. The number of halogens is 2. The molecular formula is C14H13BrClN3O. The number of amides is 2. The number of nitrogens with two attached hydrogens (primary N) is 1. The standard InChI is InChI=1S/C14H13BrClN3O/c1-8-6-11(15)13(7-12(8)17)19-14(20)18-10-4-2-9(16)3-5-10/h2-7H,17H2,1H3,(H2,18,19,20). The lowest BCUT2D eigenvalue weighted by Crippen LogP contribution is -2.19. The van der Waals surface area contributed by atoms with Gasteiger partial charge in [0, 0.05) is 20.9 Å². The largest absolute Gasteiger partial charge is 0.398 e. The number of hydrogen-bond donors (Lipinski definition) is 3. The van der Waals surface area contributed by atoms with Crippen molar-refractivity contribution in [3.63, 3.8) is 0 Å². The van der Waals surface area contributed by atoms with Crippen LogP contribution >= 0.6 is 27.5 Å². The molecule has 0 aromatic heterocycles. The van der Waals surface area contributed by atoms with Crippen LogP contribution in [0.3, 0.4) is 0 Å². The van der Waals surface area contributed by atoms with E-state index in [1.54, 1.807) is 30.3 Å². The number of urea groups is 1. The molecule has 0 fully saturated rings. The Morgan fingerprint density at radius 3 is 2.50 bits per heavy atom. The second kappa shape index (κ2) is 6.15. The minimum absolute atomic E-state index is 0.351. The summed E-state index contributed by atoms with van der Waals surface area (Å²) in [6.07, 6.45) is 0. The molecule has 0 radical (unpaired) electrons. The number of benzene rings is 2. The molecule has 0 heterocycles. The van der Waals surface area contributed by atoms with Crippen molar-refractivity contribution in [1.29, 1.82) is 0 Å². The lowest BCUT2D eigenvalue weighted by Gasteiger charge is -2.11. The second-order valence-electron chi connectivity index (χ2n) is 4.27. The molecule has 2 aromatic rings. The SMILES string of the molecule is Cc1cc(Br)c(NC(=O)Nc2ccc(Cl)cc2)cc1N. The Kier molecular flexibility index (Phi) is 4.52. The molecule has 0 spiro atoms. The number of hydrogen-bond acceptors (Lipinski definition) is 2. The highest BCUT2D eigenvalue weighted by molar-refractivity contribution is 9.10. The fourth-order valence-electron chi connectivity index (χ4n) is 1.60. The molecule has 2 rings (SSSR count). The van der Waals surface area contributed by atoms with E-state index in [1.807, 2.05) is 13.0 Å². The maximum atomic E-state index is 11.9. The van der Waals surface area contributed by atoms with E-state index in [0.717, 1.165) is 10.0 Å². The van der Waals surface area contributed by atoms with Crippen molar-refractivity contribution in [2.45, 2.75) is 6.92 Å². The average Bonchev–Trinajstić information content (AvgIpc) is 2.39. The lowest BCUT2D eigenvalue weighted by atomic mass is 10.2. The second-order valence-corrected chi connectivity index (χ2v) is 5.57. The number of carbonyl (C=O) groups excluding carboxylic acids is 1. The van der Waals surface area contributed by atoms with Crippen LogP contribution in [-0.4, -0.2) is 6.03 Å². The molecule has 2 aromatic carbocycles. The van der Waals surface area contributed by atoms with E-state index in [1.165, 1.54) is 0 Å². The molecule has 0 aliphatic heterocycles. The molecule has 0 aliphatic carbocycles. The van der Waals surface area contributed by atoms with Crippen LogP contribution in [0.4, 0.5) is 21.9 Å². The highest BCUT2D eigenvalue weighted by Gasteiger charge is 2.08. The van der Waals surface area contributed by atoms with Crippen LogP contribution < -0.4 is 16.4 Å². The maximum absolute atomic E-state index is 11.9. The van der Waals surface area contributed by atoms with Gasteiger partial charge < -0.3 is 16.4 Å². The summed E-state index contributed by atoms with van der Waals surface area (Å²) in [6.45, 7) is 1.90. The minimum Gasteiger partial charge on any atom is -0.398 e. The molecule has 20 heavy (non-hydrogen) atoms. The van der Waals surface area contributed by atoms with Gasteiger partial charge in [-0.05, 0) is 64.8 Å². The number of rotatable bonds is 2. The summed E-state index contributed by atoms with van der Waals surface area (Å²) in [5.74, 6) is 0. The third-order valence-corrected chi connectivity index (χ3v) is 3.61. The van der Waals surface area contributed by atoms with E-state index < -0.39 is 0 Å². The van der Waals surface area contributed by atoms with Gasteiger partial charge in [0.1, 0.15) is 0 Å². The van der Waals surface area contributed by atoms with Gasteiger partial charge in [-0.3, -0.25) is 0 Å². The zero-order chi connectivity index (χ0) is 14.7. The molecule has 0 bridgehead atoms. The zero-order valence-corrected chi connectivity index (χ0v) is 13.0. The molecule has 4 nitrogen and oxygen atoms in total. The van der Waals surface area contributed by atoms with Crippen molar-refractivity contribution >= 4 is 50.6 Å². The summed E-state index contributed by atoms with van der Waals surface area (Å²) in [5.41, 5.74) is 8.66. The van der Waals surface area contributed by atoms with E-state index in [2.05, 4.69) is 26.6 Å². The van der Waals surface area contributed by atoms with Crippen molar-refractivity contribution in [1.82, 2.24) is 0 Å². The fraction of sp³-hybridized carbons (Fsp3) is 0.0714. The first kappa shape index (κ1) is 14.7. The molecule has 0 saturated carbocycles. The third kappa shape index (κ3) is 3.65. The third-order valence-electron chi connectivity index (χ3n) is 2.71. The summed E-state index contributed by atoms with van der Waals surface area (Å²) in [7, 11) is 0. The predicted octanol–water partition coefficient (Wildman–Crippen LogP) is 4.64. The van der Waals surface area contributed by atoms with Crippen LogP contribution in [0.15, 0.2) is 40.9 Å². The first-order valence-electron chi connectivity index (χ1n) is 5.85. The maximum Gasteiger partial charge on any atom is 0.323 e. The fourth-order valence-corrected chi connectivity index (χ4v) is 2.29. The average molecular weight is 355 g/mol. The van der Waals surface area contributed by atoms with Gasteiger partial charge in [0.15, 0.2) is 0 Å². The number of nitrogens with one attached hydrogen (secondary N) is 2. The van der Waals surface area contributed by atoms with Gasteiger partial charge in [-0.25, -0.2) is 4.79 Å². The van der Waals surface area contributed by atoms with Crippen molar-refractivity contribution in [2.75, 3.05) is 16.4 Å². The first-order chi connectivity index (χ1) is 9.45. The smallest absolute Gasteiger partial charge is 0.323 e. The van der Waals surface area contributed by atoms with Crippen molar-refractivity contribution in [2.24, 2.45) is 0 Å². The summed E-state index contributed by atoms with van der Waals surface area (Å²) in [6, 6.07) is 10.1. The van der Waals surface area contributed by atoms with Crippen LogP contribution in [0.5, 0.6) is 0 Å². The molecule has 0 aliphatic rings. The van der Waals surface area contributed by atoms with E-state index in [9.17, 15) is 4.79 Å². The Hall–Kier alpha value is -1.72. The molecule has 2 amide bonds. The van der Waals surface area contributed by atoms with Gasteiger partial charge in [0.05, 0.1) is 5.69 Å². The number of aryl methyl sites for hydroxylation is 1. The van der Waals surface area contributed by atoms with Gasteiger partial charge in [0.2, 0.25) is 0 Å². The first-order valence-corrected chi connectivity index (χ1v) is 7.02. The summed E-state index contributed by atoms with van der Waals surface area (Å²) >= 11 is 9.17. The highest BCUT2D eigenvalue weighted by atomic mass is 79.9. The van der Waals surface area contributed by atoms with Gasteiger partial charge >= 0.3 is 6.03 Å². The monoisotopic (exact) mass is 353 g/mol. The molecule has 6 heteroatoms. The molecule has 4 N–H and O–H groups in total. The van der Waals surface area contributed by atoms with E-state index in [4.69, 9.17) is 17.3 Å². The summed E-state index contributed by atoms with van der Waals surface area (Å²) in [4.78, 5) is 11.9. The highest BCUT2D eigenvalue weighted by Crippen LogP contribution is 2.27. The molecular weight excluding hydrogens is 342 g/mol. The van der Waals surface area contributed by atoms with Crippen LogP contribution in [0.1, 0.15) is 5.56 Å². The minimum atomic E-state index is -0.351. The van der Waals surface area contributed by atoms with Crippen molar-refractivity contribution in [3.8, 4) is 0 Å². The van der Waals surface area contributed by atoms with Gasteiger partial charge in [-0.1, -0.05) is 11.6 Å². The summed E-state index contributed by atoms with van der Waals surface area (Å²) < 4.78 is 0.774. The molecule has 0 saturated heterocycles. The van der Waals surface area contributed by atoms with E-state index in [-0.39, 0.29) is 6.03 Å². The Bertz CT molecular complexity index is 644. The van der Waals surface area contributed by atoms with Gasteiger partial charge in [-0.2, -0.15) is 0 Å². The number of anilines is 3. The lowest BCUT2D eigenvalue weighted by molar-refractivity contribution is 0.262. The van der Waals surface area contributed by atoms with Crippen molar-refractivity contribution < 1.29 is 4.79 Å². The Balaban J connectivity index is 2.08. The van der Waals surface area contributed by atoms with E-state index in [0.29, 0.717) is 22.1 Å². The predicted molar refractivity (Wildman–Crippen MR) is 87.4 cm³/mol. The number of nitrogen functional groups attached to an aromatic ring is 1. The quantitative estimate of drug-likeness (QED) is 0.688. The number of carbonyl (C=O) groups is 1. The van der Waals surface area contributed by atoms with Crippen molar-refractivity contribution in [3.05, 3.63) is 51.5 Å². The molecule has 0 unspecified atom stereocenters. The topological polar surface area (TPSA) is 67.2 Å². The molecule has 0 atom stereocenters. The zero-order valence-electron chi connectivity index (χ0n) is 10.7.